The first-order valence-corrected chi connectivity index (χ1v) is 9.16. The third-order valence-electron chi connectivity index (χ3n) is 3.82. The normalized spacial score (nSPS) is 20.6. The lowest BCUT2D eigenvalue weighted by atomic mass is 10.1. The Bertz CT molecular complexity index is 674. The second-order valence-electron chi connectivity index (χ2n) is 5.55. The number of hydrogen-bond acceptors (Lipinski definition) is 5. The fraction of sp³-hybridized carbons (Fsp3) is 0.533. The van der Waals surface area contributed by atoms with E-state index in [9.17, 15) is 13.2 Å². The van der Waals surface area contributed by atoms with Gasteiger partial charge in [0.2, 0.25) is 0 Å². The second kappa shape index (κ2) is 7.08. The average Bonchev–Trinajstić information content (AvgIpc) is 2.84. The van der Waals surface area contributed by atoms with Crippen LogP contribution in [0.1, 0.15) is 24.9 Å². The first-order chi connectivity index (χ1) is 10.8. The van der Waals surface area contributed by atoms with Crippen molar-refractivity contribution in [1.29, 1.82) is 0 Å². The van der Waals surface area contributed by atoms with Gasteiger partial charge in [0, 0.05) is 17.7 Å². The van der Waals surface area contributed by atoms with E-state index in [2.05, 4.69) is 10.6 Å². The second-order valence-corrected chi connectivity index (χ2v) is 7.78. The van der Waals surface area contributed by atoms with E-state index in [0.29, 0.717) is 17.9 Å². The molecule has 128 valence electrons. The van der Waals surface area contributed by atoms with E-state index in [1.807, 2.05) is 13.0 Å². The maximum Gasteiger partial charge on any atom is 0.315 e. The average molecular weight is 342 g/mol. The summed E-state index contributed by atoms with van der Waals surface area (Å²) in [5, 5.41) is 5.50. The van der Waals surface area contributed by atoms with Gasteiger partial charge in [-0.3, -0.25) is 0 Å². The van der Waals surface area contributed by atoms with Crippen LogP contribution in [0.5, 0.6) is 11.5 Å². The summed E-state index contributed by atoms with van der Waals surface area (Å²) in [5.74, 6) is 1.40. The lowest BCUT2D eigenvalue weighted by Crippen LogP contribution is -2.43. The summed E-state index contributed by atoms with van der Waals surface area (Å²) in [6.07, 6.45) is 0.454. The van der Waals surface area contributed by atoms with Crippen LogP contribution in [0.15, 0.2) is 18.2 Å². The Morgan fingerprint density at radius 1 is 1.30 bits per heavy atom. The zero-order valence-corrected chi connectivity index (χ0v) is 14.3. The van der Waals surface area contributed by atoms with Gasteiger partial charge in [0.15, 0.2) is 9.84 Å². The SMILES string of the molecule is COc1ccc([C@H](C)NC(=O)N[C@@H]2CCS(=O)(=O)C2)c(OC)c1. The summed E-state index contributed by atoms with van der Waals surface area (Å²) in [7, 11) is 0.102. The zero-order valence-electron chi connectivity index (χ0n) is 13.5. The Morgan fingerprint density at radius 2 is 2.04 bits per heavy atom. The monoisotopic (exact) mass is 342 g/mol. The van der Waals surface area contributed by atoms with E-state index in [1.54, 1.807) is 26.4 Å². The molecule has 2 atom stereocenters. The van der Waals surface area contributed by atoms with E-state index >= 15 is 0 Å². The van der Waals surface area contributed by atoms with Crippen molar-refractivity contribution in [2.45, 2.75) is 25.4 Å². The van der Waals surface area contributed by atoms with E-state index in [0.717, 1.165) is 5.56 Å². The minimum Gasteiger partial charge on any atom is -0.497 e. The summed E-state index contributed by atoms with van der Waals surface area (Å²) in [4.78, 5) is 12.0. The molecule has 1 saturated heterocycles. The Hall–Kier alpha value is -1.96. The van der Waals surface area contributed by atoms with Crippen molar-refractivity contribution in [2.24, 2.45) is 0 Å². The Labute approximate surface area is 136 Å². The Morgan fingerprint density at radius 3 is 2.61 bits per heavy atom. The fourth-order valence-electron chi connectivity index (χ4n) is 2.59. The molecule has 0 aromatic heterocycles. The molecule has 0 spiro atoms. The molecule has 1 fully saturated rings. The molecule has 2 amide bonds. The largest absolute Gasteiger partial charge is 0.497 e. The van der Waals surface area contributed by atoms with Crippen LogP contribution >= 0.6 is 0 Å². The van der Waals surface area contributed by atoms with Gasteiger partial charge in [-0.25, -0.2) is 13.2 Å². The molecule has 0 aliphatic carbocycles. The fourth-order valence-corrected chi connectivity index (χ4v) is 4.26. The van der Waals surface area contributed by atoms with Crippen molar-refractivity contribution in [3.63, 3.8) is 0 Å². The zero-order chi connectivity index (χ0) is 17.0. The number of hydrogen-bond donors (Lipinski definition) is 2. The van der Waals surface area contributed by atoms with Crippen LogP contribution in [0.3, 0.4) is 0 Å². The number of benzene rings is 1. The number of nitrogens with one attached hydrogen (secondary N) is 2. The lowest BCUT2D eigenvalue weighted by Gasteiger charge is -2.19. The minimum atomic E-state index is -3.02. The molecule has 1 aliphatic heterocycles. The molecule has 2 rings (SSSR count). The summed E-state index contributed by atoms with van der Waals surface area (Å²) in [6, 6.07) is 4.34. The molecule has 0 bridgehead atoms. The van der Waals surface area contributed by atoms with Crippen molar-refractivity contribution in [1.82, 2.24) is 10.6 Å². The molecule has 2 N–H and O–H groups in total. The molecule has 23 heavy (non-hydrogen) atoms. The molecule has 8 heteroatoms. The van der Waals surface area contributed by atoms with Crippen molar-refractivity contribution in [3.8, 4) is 11.5 Å². The van der Waals surface area contributed by atoms with E-state index in [4.69, 9.17) is 9.47 Å². The standard InChI is InChI=1S/C15H22N2O5S/c1-10(13-5-4-12(21-2)8-14(13)22-3)16-15(18)17-11-6-7-23(19,20)9-11/h4-5,8,10-11H,6-7,9H2,1-3H3,(H2,16,17,18)/t10-,11+/m0/s1. The topological polar surface area (TPSA) is 93.7 Å². The number of methoxy groups -OCH3 is 2. The van der Waals surface area contributed by atoms with Crippen molar-refractivity contribution < 1.29 is 22.7 Å². The van der Waals surface area contributed by atoms with Crippen LogP contribution in [0, 0.1) is 0 Å². The Balaban J connectivity index is 1.98. The molecule has 1 aliphatic rings. The first-order valence-electron chi connectivity index (χ1n) is 7.34. The van der Waals surface area contributed by atoms with E-state index in [1.165, 1.54) is 0 Å². The van der Waals surface area contributed by atoms with Gasteiger partial charge in [-0.2, -0.15) is 0 Å². The maximum absolute atomic E-state index is 12.0. The van der Waals surface area contributed by atoms with Gasteiger partial charge in [-0.05, 0) is 25.5 Å². The van der Waals surface area contributed by atoms with Crippen LogP contribution in [-0.4, -0.2) is 46.2 Å². The minimum absolute atomic E-state index is 0.000653. The van der Waals surface area contributed by atoms with Crippen LogP contribution < -0.4 is 20.1 Å². The molecular formula is C15H22N2O5S. The smallest absolute Gasteiger partial charge is 0.315 e. The summed E-state index contributed by atoms with van der Waals surface area (Å²) < 4.78 is 33.3. The summed E-state index contributed by atoms with van der Waals surface area (Å²) >= 11 is 0. The molecule has 1 aromatic carbocycles. The van der Waals surface area contributed by atoms with Gasteiger partial charge in [-0.1, -0.05) is 0 Å². The van der Waals surface area contributed by atoms with Crippen LogP contribution in [0.4, 0.5) is 4.79 Å². The van der Waals surface area contributed by atoms with E-state index in [-0.39, 0.29) is 23.6 Å². The summed E-state index contributed by atoms with van der Waals surface area (Å²) in [5.41, 5.74) is 0.808. The lowest BCUT2D eigenvalue weighted by molar-refractivity contribution is 0.234. The predicted molar refractivity (Wildman–Crippen MR) is 86.7 cm³/mol. The van der Waals surface area contributed by atoms with Crippen molar-refractivity contribution in [2.75, 3.05) is 25.7 Å². The highest BCUT2D eigenvalue weighted by molar-refractivity contribution is 7.91. The van der Waals surface area contributed by atoms with Gasteiger partial charge >= 0.3 is 6.03 Å². The van der Waals surface area contributed by atoms with E-state index < -0.39 is 15.9 Å². The molecule has 7 nitrogen and oxygen atoms in total. The highest BCUT2D eigenvalue weighted by Gasteiger charge is 2.29. The quantitative estimate of drug-likeness (QED) is 0.840. The number of ether oxygens (including phenoxy) is 2. The van der Waals surface area contributed by atoms with Gasteiger partial charge in [-0.15, -0.1) is 0 Å². The van der Waals surface area contributed by atoms with Gasteiger partial charge in [0.05, 0.1) is 31.8 Å². The predicted octanol–water partition coefficient (Wildman–Crippen LogP) is 1.25. The van der Waals surface area contributed by atoms with Gasteiger partial charge in [0.25, 0.3) is 0 Å². The molecule has 0 unspecified atom stereocenters. The highest BCUT2D eigenvalue weighted by Crippen LogP contribution is 2.29. The molecular weight excluding hydrogens is 320 g/mol. The number of carbonyl (C=O) groups excluding carboxylic acids is 1. The number of amides is 2. The summed E-state index contributed by atoms with van der Waals surface area (Å²) in [6.45, 7) is 1.83. The number of sulfone groups is 1. The third kappa shape index (κ3) is 4.51. The van der Waals surface area contributed by atoms with Crippen molar-refractivity contribution >= 4 is 15.9 Å². The number of rotatable bonds is 5. The molecule has 1 aromatic rings. The molecule has 0 saturated carbocycles. The third-order valence-corrected chi connectivity index (χ3v) is 5.59. The van der Waals surface area contributed by atoms with Crippen molar-refractivity contribution in [3.05, 3.63) is 23.8 Å². The Kier molecular flexibility index (Phi) is 5.35. The van der Waals surface area contributed by atoms with Crippen LogP contribution in [0.25, 0.3) is 0 Å². The van der Waals surface area contributed by atoms with Gasteiger partial charge in [0.1, 0.15) is 11.5 Å². The maximum atomic E-state index is 12.0. The highest BCUT2D eigenvalue weighted by atomic mass is 32.2. The molecule has 0 radical (unpaired) electrons. The van der Waals surface area contributed by atoms with Crippen LogP contribution in [-0.2, 0) is 9.84 Å². The van der Waals surface area contributed by atoms with Gasteiger partial charge < -0.3 is 20.1 Å². The number of carbonyl (C=O) groups is 1. The first kappa shape index (κ1) is 17.4. The van der Waals surface area contributed by atoms with Crippen LogP contribution in [0.2, 0.25) is 0 Å². The molecule has 1 heterocycles. The number of urea groups is 1.